The van der Waals surface area contributed by atoms with E-state index in [1.54, 1.807) is 0 Å². The van der Waals surface area contributed by atoms with Gasteiger partial charge in [-0.05, 0) is 33.4 Å². The van der Waals surface area contributed by atoms with Crippen molar-refractivity contribution in [1.29, 1.82) is 0 Å². The minimum Gasteiger partial charge on any atom is -0.277 e. The molecule has 9 aromatic rings. The molecule has 0 saturated heterocycles. The molecule has 0 aliphatic rings. The second-order valence-corrected chi connectivity index (χ2v) is 11.3. The van der Waals surface area contributed by atoms with Crippen LogP contribution in [-0.2, 0) is 0 Å². The molecule has 0 unspecified atom stereocenters. The summed E-state index contributed by atoms with van der Waals surface area (Å²) < 4.78 is 2.26. The van der Waals surface area contributed by atoms with Crippen molar-refractivity contribution in [3.8, 4) is 39.9 Å². The van der Waals surface area contributed by atoms with Gasteiger partial charge in [0.05, 0.1) is 11.0 Å². The molecule has 0 amide bonds. The van der Waals surface area contributed by atoms with Crippen molar-refractivity contribution >= 4 is 43.4 Å². The normalized spacial score (nSPS) is 11.6. The topological polar surface area (TPSA) is 43.6 Å². The molecule has 9 rings (SSSR count). The molecule has 7 aromatic carbocycles. The van der Waals surface area contributed by atoms with E-state index in [2.05, 4.69) is 126 Å². The van der Waals surface area contributed by atoms with E-state index in [9.17, 15) is 0 Å². The summed E-state index contributed by atoms with van der Waals surface area (Å²) in [5.41, 5.74) is 6.38. The molecule has 0 saturated carbocycles. The molecule has 0 atom stereocenters. The van der Waals surface area contributed by atoms with Crippen molar-refractivity contribution in [2.75, 3.05) is 0 Å². The summed E-state index contributed by atoms with van der Waals surface area (Å²) in [5.74, 6) is 1.87. The summed E-state index contributed by atoms with van der Waals surface area (Å²) in [6.45, 7) is 0. The van der Waals surface area contributed by atoms with Crippen molar-refractivity contribution in [3.63, 3.8) is 0 Å². The zero-order valence-electron chi connectivity index (χ0n) is 24.3. The number of nitrogens with zero attached hydrogens (tertiary/aromatic N) is 4. The van der Waals surface area contributed by atoms with Gasteiger partial charge in [-0.3, -0.25) is 4.57 Å². The third kappa shape index (κ3) is 4.11. The highest BCUT2D eigenvalue weighted by molar-refractivity contribution is 6.27. The summed E-state index contributed by atoms with van der Waals surface area (Å²) in [4.78, 5) is 15.4. The molecule has 0 bridgehead atoms. The molecule has 2 heterocycles. The van der Waals surface area contributed by atoms with Gasteiger partial charge in [-0.15, -0.1) is 0 Å². The average Bonchev–Trinajstić information content (AvgIpc) is 3.47. The van der Waals surface area contributed by atoms with Gasteiger partial charge in [-0.25, -0.2) is 4.98 Å². The van der Waals surface area contributed by atoms with Crippen molar-refractivity contribution in [2.45, 2.75) is 0 Å². The van der Waals surface area contributed by atoms with Crippen LogP contribution in [0.2, 0.25) is 0 Å². The molecule has 0 spiro atoms. The number of fused-ring (bicyclic) bond motifs is 7. The molecule has 45 heavy (non-hydrogen) atoms. The molecule has 0 fully saturated rings. The molecule has 0 aliphatic carbocycles. The minimum absolute atomic E-state index is 0.591. The Labute approximate surface area is 259 Å². The molecule has 4 nitrogen and oxygen atoms in total. The number of hydrogen-bond donors (Lipinski definition) is 0. The Morgan fingerprint density at radius 2 is 0.933 bits per heavy atom. The van der Waals surface area contributed by atoms with Crippen molar-refractivity contribution in [2.24, 2.45) is 0 Å². The van der Waals surface area contributed by atoms with Gasteiger partial charge < -0.3 is 0 Å². The van der Waals surface area contributed by atoms with Crippen LogP contribution in [0.4, 0.5) is 0 Å². The first kappa shape index (κ1) is 25.4. The second kappa shape index (κ2) is 10.2. The molecule has 4 heteroatoms. The number of benzene rings is 7. The fourth-order valence-corrected chi connectivity index (χ4v) is 6.60. The Balaban J connectivity index is 1.48. The lowest BCUT2D eigenvalue weighted by molar-refractivity contribution is 0.955. The highest BCUT2D eigenvalue weighted by atomic mass is 15.2. The Morgan fingerprint density at radius 3 is 1.58 bits per heavy atom. The van der Waals surface area contributed by atoms with Gasteiger partial charge in [0, 0.05) is 27.3 Å². The minimum atomic E-state index is 0.591. The molecular weight excluding hydrogens is 548 g/mol. The maximum Gasteiger partial charge on any atom is 0.238 e. The summed E-state index contributed by atoms with van der Waals surface area (Å²) in [6, 6.07) is 55.0. The Hall–Kier alpha value is -6.13. The van der Waals surface area contributed by atoms with Crippen molar-refractivity contribution in [1.82, 2.24) is 19.5 Å². The maximum atomic E-state index is 5.20. The van der Waals surface area contributed by atoms with Crippen LogP contribution in [0, 0.1) is 0 Å². The standard InChI is InChI=1S/C41H26N4/c1-4-14-27(15-5-1)35-26-36-37(33-23-13-12-22-32(33)35)34-25-24-28-16-10-11-21-31(28)38(34)45(36)41-43-39(29-17-6-2-7-18-29)42-40(44-41)30-19-8-3-9-20-30/h1-26H. The molecule has 0 aliphatic heterocycles. The first-order chi connectivity index (χ1) is 22.3. The highest BCUT2D eigenvalue weighted by Crippen LogP contribution is 2.43. The van der Waals surface area contributed by atoms with E-state index in [-0.39, 0.29) is 0 Å². The van der Waals surface area contributed by atoms with Crippen LogP contribution in [0.3, 0.4) is 0 Å². The van der Waals surface area contributed by atoms with Crippen LogP contribution in [0.15, 0.2) is 158 Å². The van der Waals surface area contributed by atoms with Gasteiger partial charge in [0.15, 0.2) is 11.6 Å². The van der Waals surface area contributed by atoms with Gasteiger partial charge in [0.25, 0.3) is 0 Å². The average molecular weight is 575 g/mol. The fraction of sp³-hybridized carbons (Fsp3) is 0. The lowest BCUT2D eigenvalue weighted by Crippen LogP contribution is -2.06. The Bertz CT molecular complexity index is 2460. The summed E-state index contributed by atoms with van der Waals surface area (Å²) in [6.07, 6.45) is 0. The van der Waals surface area contributed by atoms with Gasteiger partial charge in [-0.2, -0.15) is 9.97 Å². The molecule has 210 valence electrons. The third-order valence-corrected chi connectivity index (χ3v) is 8.63. The van der Waals surface area contributed by atoms with Crippen LogP contribution in [0.5, 0.6) is 0 Å². The van der Waals surface area contributed by atoms with Crippen LogP contribution < -0.4 is 0 Å². The summed E-state index contributed by atoms with van der Waals surface area (Å²) >= 11 is 0. The number of hydrogen-bond acceptors (Lipinski definition) is 3. The van der Waals surface area contributed by atoms with E-state index < -0.39 is 0 Å². The van der Waals surface area contributed by atoms with E-state index in [4.69, 9.17) is 15.0 Å². The fourth-order valence-electron chi connectivity index (χ4n) is 6.60. The van der Waals surface area contributed by atoms with Crippen LogP contribution in [0.1, 0.15) is 0 Å². The van der Waals surface area contributed by atoms with Gasteiger partial charge in [0.1, 0.15) is 0 Å². The Kier molecular flexibility index (Phi) is 5.78. The zero-order valence-corrected chi connectivity index (χ0v) is 24.3. The van der Waals surface area contributed by atoms with E-state index in [0.717, 1.165) is 27.5 Å². The molecule has 0 N–H and O–H groups in total. The van der Waals surface area contributed by atoms with Crippen LogP contribution in [0.25, 0.3) is 83.2 Å². The van der Waals surface area contributed by atoms with E-state index in [1.807, 2.05) is 36.4 Å². The zero-order chi connectivity index (χ0) is 29.7. The van der Waals surface area contributed by atoms with Crippen LogP contribution in [-0.4, -0.2) is 19.5 Å². The van der Waals surface area contributed by atoms with E-state index in [1.165, 1.54) is 38.1 Å². The smallest absolute Gasteiger partial charge is 0.238 e. The van der Waals surface area contributed by atoms with E-state index in [0.29, 0.717) is 17.6 Å². The predicted octanol–water partition coefficient (Wildman–Crippen LogP) is 10.3. The maximum absolute atomic E-state index is 5.20. The van der Waals surface area contributed by atoms with Crippen molar-refractivity contribution < 1.29 is 0 Å². The number of rotatable bonds is 4. The summed E-state index contributed by atoms with van der Waals surface area (Å²) in [5, 5.41) is 7.10. The van der Waals surface area contributed by atoms with E-state index >= 15 is 0 Å². The molecular formula is C41H26N4. The second-order valence-electron chi connectivity index (χ2n) is 11.3. The lowest BCUT2D eigenvalue weighted by Gasteiger charge is -2.13. The first-order valence-corrected chi connectivity index (χ1v) is 15.1. The largest absolute Gasteiger partial charge is 0.277 e. The van der Waals surface area contributed by atoms with Gasteiger partial charge in [0.2, 0.25) is 5.95 Å². The van der Waals surface area contributed by atoms with Crippen molar-refractivity contribution in [3.05, 3.63) is 158 Å². The van der Waals surface area contributed by atoms with Crippen LogP contribution >= 0.6 is 0 Å². The van der Waals surface area contributed by atoms with Gasteiger partial charge >= 0.3 is 0 Å². The highest BCUT2D eigenvalue weighted by Gasteiger charge is 2.22. The molecule has 0 radical (unpaired) electrons. The Morgan fingerprint density at radius 1 is 0.400 bits per heavy atom. The quantitative estimate of drug-likeness (QED) is 0.210. The molecule has 2 aromatic heterocycles. The lowest BCUT2D eigenvalue weighted by atomic mass is 9.94. The monoisotopic (exact) mass is 574 g/mol. The number of aromatic nitrogens is 4. The summed E-state index contributed by atoms with van der Waals surface area (Å²) in [7, 11) is 0. The first-order valence-electron chi connectivity index (χ1n) is 15.1. The van der Waals surface area contributed by atoms with Gasteiger partial charge in [-0.1, -0.05) is 152 Å². The SMILES string of the molecule is c1ccc(-c2nc(-c3ccccc3)nc(-n3c4cc(-c5ccccc5)c5ccccc5c4c4ccc5ccccc5c43)n2)cc1. The third-order valence-electron chi connectivity index (χ3n) is 8.63. The predicted molar refractivity (Wildman–Crippen MR) is 185 cm³/mol.